The van der Waals surface area contributed by atoms with Crippen molar-refractivity contribution in [3.05, 3.63) is 83.7 Å². The van der Waals surface area contributed by atoms with Crippen molar-refractivity contribution in [1.29, 1.82) is 0 Å². The van der Waals surface area contributed by atoms with Gasteiger partial charge in [0.1, 0.15) is 5.82 Å². The molecule has 0 aliphatic carbocycles. The monoisotopic (exact) mass is 342 g/mol. The van der Waals surface area contributed by atoms with E-state index in [1.807, 2.05) is 55.5 Å². The lowest BCUT2D eigenvalue weighted by atomic mass is 9.98. The predicted octanol–water partition coefficient (Wildman–Crippen LogP) is 6.87. The van der Waals surface area contributed by atoms with E-state index in [0.717, 1.165) is 47.1 Å². The summed E-state index contributed by atoms with van der Waals surface area (Å²) in [6, 6.07) is 21.8. The molecular formula is C25H23F. The first kappa shape index (κ1) is 18.0. The van der Waals surface area contributed by atoms with E-state index in [1.165, 1.54) is 0 Å². The molecule has 0 aromatic heterocycles. The van der Waals surface area contributed by atoms with Crippen molar-refractivity contribution >= 4 is 0 Å². The molecule has 3 aromatic rings. The van der Waals surface area contributed by atoms with Crippen molar-refractivity contribution in [2.24, 2.45) is 0 Å². The summed E-state index contributed by atoms with van der Waals surface area (Å²) in [7, 11) is 0. The van der Waals surface area contributed by atoms with Crippen molar-refractivity contribution in [3.63, 3.8) is 0 Å². The lowest BCUT2D eigenvalue weighted by molar-refractivity contribution is 0.627. The third kappa shape index (κ3) is 4.21. The average Bonchev–Trinajstić information content (AvgIpc) is 2.68. The number of hydrogen-bond acceptors (Lipinski definition) is 0. The summed E-state index contributed by atoms with van der Waals surface area (Å²) in [4.78, 5) is 0. The van der Waals surface area contributed by atoms with Crippen LogP contribution in [0.25, 0.3) is 22.3 Å². The number of unbranched alkanes of at least 4 members (excludes halogenated alkanes) is 1. The predicted molar refractivity (Wildman–Crippen MR) is 108 cm³/mol. The Labute approximate surface area is 155 Å². The van der Waals surface area contributed by atoms with E-state index in [0.29, 0.717) is 5.56 Å². The molecule has 0 bridgehead atoms. The van der Waals surface area contributed by atoms with E-state index in [1.54, 1.807) is 6.07 Å². The van der Waals surface area contributed by atoms with Gasteiger partial charge in [-0.25, -0.2) is 4.39 Å². The number of halogens is 1. The van der Waals surface area contributed by atoms with Gasteiger partial charge in [-0.1, -0.05) is 67.8 Å². The summed E-state index contributed by atoms with van der Waals surface area (Å²) in [5, 5.41) is 0. The minimum atomic E-state index is -0.145. The Morgan fingerprint density at radius 1 is 0.808 bits per heavy atom. The average molecular weight is 342 g/mol. The minimum Gasteiger partial charge on any atom is -0.206 e. The molecular weight excluding hydrogens is 319 g/mol. The quantitative estimate of drug-likeness (QED) is 0.444. The van der Waals surface area contributed by atoms with E-state index < -0.39 is 0 Å². The van der Waals surface area contributed by atoms with Crippen molar-refractivity contribution in [2.45, 2.75) is 33.1 Å². The van der Waals surface area contributed by atoms with Gasteiger partial charge >= 0.3 is 0 Å². The second-order valence-electron chi connectivity index (χ2n) is 6.45. The Balaban J connectivity index is 1.81. The summed E-state index contributed by atoms with van der Waals surface area (Å²) < 4.78 is 14.5. The Kier molecular flexibility index (Phi) is 5.87. The van der Waals surface area contributed by atoms with Gasteiger partial charge in [-0.15, -0.1) is 5.92 Å². The third-order valence-corrected chi connectivity index (χ3v) is 4.54. The second kappa shape index (κ2) is 8.50. The normalized spacial score (nSPS) is 10.3. The number of hydrogen-bond donors (Lipinski definition) is 0. The Hall–Kier alpha value is -2.85. The molecule has 0 saturated carbocycles. The van der Waals surface area contributed by atoms with E-state index in [4.69, 9.17) is 0 Å². The molecule has 130 valence electrons. The van der Waals surface area contributed by atoms with Crippen molar-refractivity contribution in [1.82, 2.24) is 0 Å². The molecule has 0 amide bonds. The first-order valence-corrected chi connectivity index (χ1v) is 9.13. The van der Waals surface area contributed by atoms with Crippen LogP contribution in [-0.4, -0.2) is 0 Å². The molecule has 1 heteroatoms. The van der Waals surface area contributed by atoms with Crippen LogP contribution >= 0.6 is 0 Å². The Morgan fingerprint density at radius 3 is 2.00 bits per heavy atom. The van der Waals surface area contributed by atoms with E-state index in [2.05, 4.69) is 30.9 Å². The van der Waals surface area contributed by atoms with Crippen LogP contribution in [0.3, 0.4) is 0 Å². The molecule has 0 radical (unpaired) electrons. The van der Waals surface area contributed by atoms with Gasteiger partial charge in [0.05, 0.1) is 0 Å². The zero-order chi connectivity index (χ0) is 18.4. The van der Waals surface area contributed by atoms with E-state index in [9.17, 15) is 4.39 Å². The largest absolute Gasteiger partial charge is 0.206 e. The first-order chi connectivity index (χ1) is 12.7. The van der Waals surface area contributed by atoms with Gasteiger partial charge in [0.2, 0.25) is 0 Å². The third-order valence-electron chi connectivity index (χ3n) is 4.54. The Morgan fingerprint density at radius 2 is 1.42 bits per heavy atom. The highest BCUT2D eigenvalue weighted by Crippen LogP contribution is 2.27. The molecule has 0 spiro atoms. The molecule has 3 rings (SSSR count). The maximum Gasteiger partial charge on any atom is 0.131 e. The van der Waals surface area contributed by atoms with Gasteiger partial charge in [-0.2, -0.15) is 0 Å². The smallest absolute Gasteiger partial charge is 0.131 e. The number of rotatable bonds is 5. The van der Waals surface area contributed by atoms with E-state index >= 15 is 0 Å². The van der Waals surface area contributed by atoms with Crippen LogP contribution in [-0.2, 0) is 6.42 Å². The topological polar surface area (TPSA) is 0 Å². The second-order valence-corrected chi connectivity index (χ2v) is 6.45. The van der Waals surface area contributed by atoms with Gasteiger partial charge in [0.25, 0.3) is 0 Å². The van der Waals surface area contributed by atoms with Gasteiger partial charge in [0.15, 0.2) is 0 Å². The fourth-order valence-electron chi connectivity index (χ4n) is 3.06. The van der Waals surface area contributed by atoms with Crippen LogP contribution < -0.4 is 0 Å². The van der Waals surface area contributed by atoms with Crippen LogP contribution in [0.1, 0.15) is 37.8 Å². The number of aryl methyl sites for hydroxylation is 1. The molecule has 0 heterocycles. The van der Waals surface area contributed by atoms with Gasteiger partial charge in [-0.3, -0.25) is 0 Å². The summed E-state index contributed by atoms with van der Waals surface area (Å²) in [6.07, 6.45) is 3.15. The number of benzene rings is 3. The fourth-order valence-corrected chi connectivity index (χ4v) is 3.06. The molecule has 0 aliphatic heterocycles. The van der Waals surface area contributed by atoms with Gasteiger partial charge in [0, 0.05) is 11.1 Å². The zero-order valence-corrected chi connectivity index (χ0v) is 15.4. The summed E-state index contributed by atoms with van der Waals surface area (Å²) in [5.41, 5.74) is 5.89. The van der Waals surface area contributed by atoms with Crippen LogP contribution in [0.4, 0.5) is 4.39 Å². The van der Waals surface area contributed by atoms with Crippen LogP contribution in [0.2, 0.25) is 0 Å². The van der Waals surface area contributed by atoms with Crippen molar-refractivity contribution in [2.75, 3.05) is 0 Å². The fraction of sp³-hybridized carbons (Fsp3) is 0.200. The summed E-state index contributed by atoms with van der Waals surface area (Å²) in [5.74, 6) is 5.81. The summed E-state index contributed by atoms with van der Waals surface area (Å²) >= 11 is 0. The lowest BCUT2D eigenvalue weighted by Gasteiger charge is -2.08. The minimum absolute atomic E-state index is 0.145. The van der Waals surface area contributed by atoms with Crippen molar-refractivity contribution in [3.8, 4) is 34.1 Å². The molecule has 0 fully saturated rings. The molecule has 0 aliphatic rings. The molecule has 0 N–H and O–H groups in total. The molecule has 26 heavy (non-hydrogen) atoms. The van der Waals surface area contributed by atoms with Gasteiger partial charge in [-0.05, 0) is 60.2 Å². The van der Waals surface area contributed by atoms with Crippen molar-refractivity contribution < 1.29 is 4.39 Å². The molecule has 0 unspecified atom stereocenters. The van der Waals surface area contributed by atoms with Crippen LogP contribution in [0.5, 0.6) is 0 Å². The molecule has 0 atom stereocenters. The highest BCUT2D eigenvalue weighted by Gasteiger charge is 2.07. The van der Waals surface area contributed by atoms with Crippen LogP contribution in [0.15, 0.2) is 66.7 Å². The molecule has 0 saturated heterocycles. The summed E-state index contributed by atoms with van der Waals surface area (Å²) in [6.45, 7) is 3.99. The highest BCUT2D eigenvalue weighted by molar-refractivity contribution is 5.71. The zero-order valence-electron chi connectivity index (χ0n) is 15.4. The maximum absolute atomic E-state index is 14.5. The Bertz CT molecular complexity index is 923. The standard InChI is InChI=1S/C25H23F/c1-3-5-7-20-10-17-24(25(26)18-20)23-15-13-22(14-16-23)21-11-8-19(6-4-2)9-12-21/h8-18H,3,5,7H2,1-2H3. The van der Waals surface area contributed by atoms with Crippen LogP contribution in [0, 0.1) is 17.7 Å². The molecule has 3 aromatic carbocycles. The van der Waals surface area contributed by atoms with Gasteiger partial charge < -0.3 is 0 Å². The molecule has 0 nitrogen and oxygen atoms in total. The van der Waals surface area contributed by atoms with E-state index in [-0.39, 0.29) is 5.82 Å². The lowest BCUT2D eigenvalue weighted by Crippen LogP contribution is -1.90. The highest BCUT2D eigenvalue weighted by atomic mass is 19.1. The first-order valence-electron chi connectivity index (χ1n) is 9.13. The SMILES string of the molecule is CC#Cc1ccc(-c2ccc(-c3ccc(CCCC)cc3F)cc2)cc1. The maximum atomic E-state index is 14.5.